The molecule has 0 aliphatic carbocycles. The van der Waals surface area contributed by atoms with Crippen molar-refractivity contribution < 1.29 is 9.18 Å². The van der Waals surface area contributed by atoms with Crippen LogP contribution in [0.5, 0.6) is 0 Å². The van der Waals surface area contributed by atoms with Crippen LogP contribution in [0.15, 0.2) is 42.5 Å². The molecule has 0 spiro atoms. The predicted molar refractivity (Wildman–Crippen MR) is 105 cm³/mol. The van der Waals surface area contributed by atoms with Crippen molar-refractivity contribution in [2.75, 3.05) is 42.9 Å². The quantitative estimate of drug-likeness (QED) is 0.820. The molecule has 138 valence electrons. The largest absolute Gasteiger partial charge is 0.369 e. The summed E-state index contributed by atoms with van der Waals surface area (Å²) >= 11 is 11.9. The summed E-state index contributed by atoms with van der Waals surface area (Å²) in [5.74, 6) is -0.297. The fourth-order valence-corrected chi connectivity index (χ4v) is 3.40. The summed E-state index contributed by atoms with van der Waals surface area (Å²) in [5, 5.41) is 3.78. The number of nitrogens with zero attached hydrogens (tertiary/aromatic N) is 2. The Balaban J connectivity index is 1.43. The van der Waals surface area contributed by atoms with Gasteiger partial charge in [-0.1, -0.05) is 23.2 Å². The lowest BCUT2D eigenvalue weighted by molar-refractivity contribution is -0.116. The lowest BCUT2D eigenvalue weighted by Gasteiger charge is -2.36. The van der Waals surface area contributed by atoms with E-state index in [4.69, 9.17) is 23.2 Å². The van der Waals surface area contributed by atoms with E-state index >= 15 is 0 Å². The van der Waals surface area contributed by atoms with Gasteiger partial charge in [-0.05, 0) is 42.5 Å². The molecule has 1 saturated heterocycles. The van der Waals surface area contributed by atoms with Gasteiger partial charge < -0.3 is 10.2 Å². The van der Waals surface area contributed by atoms with Crippen LogP contribution in [0, 0.1) is 5.82 Å². The first-order valence-corrected chi connectivity index (χ1v) is 9.24. The summed E-state index contributed by atoms with van der Waals surface area (Å²) in [6.07, 6.45) is 0.398. The van der Waals surface area contributed by atoms with Crippen LogP contribution in [0.4, 0.5) is 15.8 Å². The minimum absolute atomic E-state index is 0.0739. The zero-order valence-electron chi connectivity index (χ0n) is 14.2. The van der Waals surface area contributed by atoms with Gasteiger partial charge in [-0.3, -0.25) is 9.69 Å². The van der Waals surface area contributed by atoms with E-state index in [-0.39, 0.29) is 11.7 Å². The topological polar surface area (TPSA) is 35.6 Å². The molecule has 0 unspecified atom stereocenters. The number of rotatable bonds is 5. The summed E-state index contributed by atoms with van der Waals surface area (Å²) in [5.41, 5.74) is 1.60. The maximum absolute atomic E-state index is 13.0. The highest BCUT2D eigenvalue weighted by Gasteiger charge is 2.18. The van der Waals surface area contributed by atoms with Gasteiger partial charge in [0, 0.05) is 49.9 Å². The molecule has 0 aromatic heterocycles. The maximum Gasteiger partial charge on any atom is 0.225 e. The Morgan fingerprint density at radius 1 is 1.04 bits per heavy atom. The van der Waals surface area contributed by atoms with Crippen molar-refractivity contribution in [3.8, 4) is 0 Å². The van der Waals surface area contributed by atoms with Crippen LogP contribution in [0.3, 0.4) is 0 Å². The van der Waals surface area contributed by atoms with E-state index in [2.05, 4.69) is 15.1 Å². The van der Waals surface area contributed by atoms with Crippen LogP contribution in [-0.4, -0.2) is 43.5 Å². The van der Waals surface area contributed by atoms with Crippen molar-refractivity contribution in [1.29, 1.82) is 0 Å². The van der Waals surface area contributed by atoms with Crippen LogP contribution >= 0.6 is 23.2 Å². The fourth-order valence-electron chi connectivity index (χ4n) is 2.94. The van der Waals surface area contributed by atoms with Gasteiger partial charge in [-0.2, -0.15) is 0 Å². The minimum Gasteiger partial charge on any atom is -0.369 e. The van der Waals surface area contributed by atoms with Crippen molar-refractivity contribution in [2.45, 2.75) is 6.42 Å². The summed E-state index contributed by atoms with van der Waals surface area (Å²) < 4.78 is 13.0. The lowest BCUT2D eigenvalue weighted by atomic mass is 10.2. The van der Waals surface area contributed by atoms with Crippen LogP contribution < -0.4 is 10.2 Å². The van der Waals surface area contributed by atoms with Crippen LogP contribution in [0.1, 0.15) is 6.42 Å². The smallest absolute Gasteiger partial charge is 0.225 e. The molecule has 1 amide bonds. The zero-order valence-corrected chi connectivity index (χ0v) is 15.7. The standard InChI is InChI=1S/C19H20Cl2FN3O/c20-14-1-6-18(17(21)13-14)23-19(26)7-8-24-9-11-25(12-10-24)16-4-2-15(22)3-5-16/h1-6,13H,7-12H2,(H,23,26). The summed E-state index contributed by atoms with van der Waals surface area (Å²) in [4.78, 5) is 16.6. The summed E-state index contributed by atoms with van der Waals surface area (Å²) in [7, 11) is 0. The maximum atomic E-state index is 13.0. The van der Waals surface area contributed by atoms with Gasteiger partial charge in [-0.15, -0.1) is 0 Å². The van der Waals surface area contributed by atoms with Crippen LogP contribution in [0.25, 0.3) is 0 Å². The molecule has 1 aliphatic heterocycles. The Hall–Kier alpha value is -1.82. The normalized spacial score (nSPS) is 15.1. The first-order chi connectivity index (χ1) is 12.5. The van der Waals surface area contributed by atoms with E-state index in [1.807, 2.05) is 0 Å². The second-order valence-electron chi connectivity index (χ2n) is 6.23. The average Bonchev–Trinajstić information content (AvgIpc) is 2.63. The molecule has 0 saturated carbocycles. The van der Waals surface area contributed by atoms with E-state index in [9.17, 15) is 9.18 Å². The first kappa shape index (κ1) is 19.0. The third-order valence-electron chi connectivity index (χ3n) is 4.42. The molecule has 1 aliphatic rings. The highest BCUT2D eigenvalue weighted by atomic mass is 35.5. The molecule has 4 nitrogen and oxygen atoms in total. The third-order valence-corrected chi connectivity index (χ3v) is 4.97. The van der Waals surface area contributed by atoms with E-state index in [0.717, 1.165) is 31.9 Å². The highest BCUT2D eigenvalue weighted by Crippen LogP contribution is 2.25. The number of carbonyl (C=O) groups excluding carboxylic acids is 1. The van der Waals surface area contributed by atoms with E-state index in [1.54, 1.807) is 30.3 Å². The molecule has 2 aromatic carbocycles. The Bertz CT molecular complexity index is 762. The number of hydrogen-bond donors (Lipinski definition) is 1. The zero-order chi connectivity index (χ0) is 18.5. The highest BCUT2D eigenvalue weighted by molar-refractivity contribution is 6.36. The van der Waals surface area contributed by atoms with Crippen molar-refractivity contribution in [3.05, 3.63) is 58.3 Å². The SMILES string of the molecule is O=C(CCN1CCN(c2ccc(F)cc2)CC1)Nc1ccc(Cl)cc1Cl. The summed E-state index contributed by atoms with van der Waals surface area (Å²) in [6, 6.07) is 11.6. The Labute approximate surface area is 162 Å². The molecule has 0 bridgehead atoms. The number of amides is 1. The van der Waals surface area contributed by atoms with Crippen molar-refractivity contribution in [1.82, 2.24) is 4.90 Å². The van der Waals surface area contributed by atoms with Gasteiger partial charge in [0.2, 0.25) is 5.91 Å². The monoisotopic (exact) mass is 395 g/mol. The van der Waals surface area contributed by atoms with Crippen molar-refractivity contribution >= 4 is 40.5 Å². The number of halogens is 3. The van der Waals surface area contributed by atoms with E-state index < -0.39 is 0 Å². The van der Waals surface area contributed by atoms with Gasteiger partial charge in [0.1, 0.15) is 5.82 Å². The molecule has 1 N–H and O–H groups in total. The minimum atomic E-state index is -0.223. The number of benzene rings is 2. The van der Waals surface area contributed by atoms with Crippen molar-refractivity contribution in [2.24, 2.45) is 0 Å². The van der Waals surface area contributed by atoms with Gasteiger partial charge in [-0.25, -0.2) is 4.39 Å². The first-order valence-electron chi connectivity index (χ1n) is 8.49. The van der Waals surface area contributed by atoms with Gasteiger partial charge in [0.25, 0.3) is 0 Å². The average molecular weight is 396 g/mol. The number of hydrogen-bond acceptors (Lipinski definition) is 3. The Morgan fingerprint density at radius 2 is 1.73 bits per heavy atom. The van der Waals surface area contributed by atoms with E-state index in [1.165, 1.54) is 12.1 Å². The fraction of sp³-hybridized carbons (Fsp3) is 0.316. The number of carbonyl (C=O) groups is 1. The molecule has 0 radical (unpaired) electrons. The second kappa shape index (κ2) is 8.71. The van der Waals surface area contributed by atoms with Gasteiger partial charge in [0.15, 0.2) is 0 Å². The Kier molecular flexibility index (Phi) is 6.35. The molecule has 7 heteroatoms. The van der Waals surface area contributed by atoms with E-state index in [0.29, 0.717) is 28.7 Å². The van der Waals surface area contributed by atoms with Gasteiger partial charge >= 0.3 is 0 Å². The molecule has 0 atom stereocenters. The van der Waals surface area contributed by atoms with Gasteiger partial charge in [0.05, 0.1) is 10.7 Å². The second-order valence-corrected chi connectivity index (χ2v) is 7.07. The molecular formula is C19H20Cl2FN3O. The predicted octanol–water partition coefficient (Wildman–Crippen LogP) is 4.28. The molecule has 2 aromatic rings. The number of nitrogens with one attached hydrogen (secondary N) is 1. The lowest BCUT2D eigenvalue weighted by Crippen LogP contribution is -2.47. The van der Waals surface area contributed by atoms with Crippen LogP contribution in [0.2, 0.25) is 10.0 Å². The third kappa shape index (κ3) is 5.10. The Morgan fingerprint density at radius 3 is 2.38 bits per heavy atom. The van der Waals surface area contributed by atoms with Crippen molar-refractivity contribution in [3.63, 3.8) is 0 Å². The molecule has 3 rings (SSSR count). The molecule has 1 heterocycles. The number of anilines is 2. The molecule has 1 fully saturated rings. The number of piperazine rings is 1. The molecule has 26 heavy (non-hydrogen) atoms. The van der Waals surface area contributed by atoms with Crippen LogP contribution in [-0.2, 0) is 4.79 Å². The molecular weight excluding hydrogens is 376 g/mol. The summed E-state index contributed by atoms with van der Waals surface area (Å²) in [6.45, 7) is 4.14.